The summed E-state index contributed by atoms with van der Waals surface area (Å²) in [6.45, 7) is 2.09. The summed E-state index contributed by atoms with van der Waals surface area (Å²) >= 11 is 3.34. The van der Waals surface area contributed by atoms with Gasteiger partial charge in [-0.1, -0.05) is 21.1 Å². The van der Waals surface area contributed by atoms with E-state index >= 15 is 0 Å². The van der Waals surface area contributed by atoms with Crippen molar-refractivity contribution in [1.29, 1.82) is 0 Å². The highest BCUT2D eigenvalue weighted by Gasteiger charge is 2.06. The fourth-order valence-electron chi connectivity index (χ4n) is 1.45. The standard InChI is InChI=1S/C12H12BrNO3/c1-8-4-11(17-14-8)7-16-12-3-2-10(13)5-9(12)6-15/h2-5,15H,6-7H2,1H3. The van der Waals surface area contributed by atoms with Gasteiger partial charge in [-0.25, -0.2) is 0 Å². The highest BCUT2D eigenvalue weighted by molar-refractivity contribution is 9.10. The lowest BCUT2D eigenvalue weighted by atomic mass is 10.2. The topological polar surface area (TPSA) is 55.5 Å². The van der Waals surface area contributed by atoms with Gasteiger partial charge in [0.25, 0.3) is 0 Å². The third kappa shape index (κ3) is 3.08. The minimum Gasteiger partial charge on any atom is -0.485 e. The van der Waals surface area contributed by atoms with E-state index < -0.39 is 0 Å². The van der Waals surface area contributed by atoms with Crippen molar-refractivity contribution in [1.82, 2.24) is 5.16 Å². The van der Waals surface area contributed by atoms with Gasteiger partial charge in [0.15, 0.2) is 5.76 Å². The number of aliphatic hydroxyl groups excluding tert-OH is 1. The molecule has 0 aliphatic carbocycles. The Kier molecular flexibility index (Phi) is 3.81. The number of aromatic nitrogens is 1. The molecule has 1 aromatic carbocycles. The van der Waals surface area contributed by atoms with Crippen LogP contribution in [0.4, 0.5) is 0 Å². The normalized spacial score (nSPS) is 10.5. The van der Waals surface area contributed by atoms with Crippen molar-refractivity contribution in [2.45, 2.75) is 20.1 Å². The number of hydrogen-bond donors (Lipinski definition) is 1. The molecule has 5 heteroatoms. The van der Waals surface area contributed by atoms with Gasteiger partial charge in [-0.2, -0.15) is 0 Å². The van der Waals surface area contributed by atoms with Crippen molar-refractivity contribution in [2.75, 3.05) is 0 Å². The number of benzene rings is 1. The first-order valence-corrected chi connectivity index (χ1v) is 5.92. The summed E-state index contributed by atoms with van der Waals surface area (Å²) in [6.07, 6.45) is 0. The molecule has 0 radical (unpaired) electrons. The second kappa shape index (κ2) is 5.33. The molecule has 0 spiro atoms. The van der Waals surface area contributed by atoms with Gasteiger partial charge in [0.2, 0.25) is 0 Å². The maximum atomic E-state index is 9.21. The monoisotopic (exact) mass is 297 g/mol. The Labute approximate surface area is 107 Å². The molecule has 0 fully saturated rings. The molecule has 1 heterocycles. The molecule has 1 aromatic heterocycles. The van der Waals surface area contributed by atoms with Crippen LogP contribution in [-0.4, -0.2) is 10.3 Å². The van der Waals surface area contributed by atoms with Gasteiger partial charge < -0.3 is 14.4 Å². The number of rotatable bonds is 4. The molecule has 1 N–H and O–H groups in total. The highest BCUT2D eigenvalue weighted by Crippen LogP contribution is 2.24. The van der Waals surface area contributed by atoms with Crippen LogP contribution in [0.2, 0.25) is 0 Å². The van der Waals surface area contributed by atoms with Crippen LogP contribution < -0.4 is 4.74 Å². The van der Waals surface area contributed by atoms with Crippen molar-refractivity contribution in [3.05, 3.63) is 45.8 Å². The van der Waals surface area contributed by atoms with Crippen molar-refractivity contribution >= 4 is 15.9 Å². The predicted octanol–water partition coefficient (Wildman–Crippen LogP) is 2.82. The summed E-state index contributed by atoms with van der Waals surface area (Å²) in [4.78, 5) is 0. The van der Waals surface area contributed by atoms with E-state index in [0.29, 0.717) is 18.1 Å². The first-order chi connectivity index (χ1) is 8.19. The minimum absolute atomic E-state index is 0.0653. The van der Waals surface area contributed by atoms with Crippen molar-refractivity contribution in [3.8, 4) is 5.75 Å². The fourth-order valence-corrected chi connectivity index (χ4v) is 1.85. The molecular formula is C12H12BrNO3. The van der Waals surface area contributed by atoms with Gasteiger partial charge >= 0.3 is 0 Å². The summed E-state index contributed by atoms with van der Waals surface area (Å²) < 4.78 is 11.5. The van der Waals surface area contributed by atoms with E-state index in [4.69, 9.17) is 9.26 Å². The Morgan fingerprint density at radius 1 is 1.41 bits per heavy atom. The molecule has 2 aromatic rings. The third-order valence-electron chi connectivity index (χ3n) is 2.24. The summed E-state index contributed by atoms with van der Waals surface area (Å²) in [5, 5.41) is 13.0. The predicted molar refractivity (Wildman–Crippen MR) is 65.6 cm³/mol. The van der Waals surface area contributed by atoms with Crippen LogP contribution in [0.3, 0.4) is 0 Å². The third-order valence-corrected chi connectivity index (χ3v) is 2.73. The van der Waals surface area contributed by atoms with Gasteiger partial charge in [0.1, 0.15) is 12.4 Å². The van der Waals surface area contributed by atoms with E-state index in [0.717, 1.165) is 15.7 Å². The first kappa shape index (κ1) is 12.1. The lowest BCUT2D eigenvalue weighted by molar-refractivity contribution is 0.233. The quantitative estimate of drug-likeness (QED) is 0.943. The Balaban J connectivity index is 2.08. The molecule has 0 aliphatic heterocycles. The molecule has 90 valence electrons. The van der Waals surface area contributed by atoms with Gasteiger partial charge in [0, 0.05) is 16.1 Å². The SMILES string of the molecule is Cc1cc(COc2ccc(Br)cc2CO)on1. The average Bonchev–Trinajstić information content (AvgIpc) is 2.73. The molecule has 0 atom stereocenters. The molecule has 0 aliphatic rings. The highest BCUT2D eigenvalue weighted by atomic mass is 79.9. The maximum absolute atomic E-state index is 9.21. The fraction of sp³-hybridized carbons (Fsp3) is 0.250. The van der Waals surface area contributed by atoms with E-state index in [2.05, 4.69) is 21.1 Å². The van der Waals surface area contributed by atoms with Crippen LogP contribution >= 0.6 is 15.9 Å². The zero-order valence-corrected chi connectivity index (χ0v) is 10.9. The van der Waals surface area contributed by atoms with Gasteiger partial charge in [-0.3, -0.25) is 0 Å². The van der Waals surface area contributed by atoms with Crippen molar-refractivity contribution in [3.63, 3.8) is 0 Å². The van der Waals surface area contributed by atoms with E-state index in [9.17, 15) is 5.11 Å². The number of halogens is 1. The average molecular weight is 298 g/mol. The first-order valence-electron chi connectivity index (χ1n) is 5.13. The van der Waals surface area contributed by atoms with Crippen LogP contribution in [0.5, 0.6) is 5.75 Å². The lowest BCUT2D eigenvalue weighted by Gasteiger charge is -2.08. The Morgan fingerprint density at radius 2 is 2.24 bits per heavy atom. The van der Waals surface area contributed by atoms with Gasteiger partial charge in [-0.05, 0) is 25.1 Å². The summed E-state index contributed by atoms with van der Waals surface area (Å²) in [6, 6.07) is 7.30. The van der Waals surface area contributed by atoms with E-state index in [1.807, 2.05) is 25.1 Å². The minimum atomic E-state index is -0.0653. The van der Waals surface area contributed by atoms with Crippen LogP contribution in [0, 0.1) is 6.92 Å². The molecule has 17 heavy (non-hydrogen) atoms. The Bertz CT molecular complexity index is 510. The van der Waals surface area contributed by atoms with Crippen LogP contribution in [-0.2, 0) is 13.2 Å². The molecule has 0 saturated carbocycles. The second-order valence-electron chi connectivity index (χ2n) is 3.63. The number of nitrogens with zero attached hydrogens (tertiary/aromatic N) is 1. The Hall–Kier alpha value is -1.33. The van der Waals surface area contributed by atoms with E-state index in [1.165, 1.54) is 0 Å². The van der Waals surface area contributed by atoms with Gasteiger partial charge in [0.05, 0.1) is 12.3 Å². The molecule has 0 amide bonds. The zero-order chi connectivity index (χ0) is 12.3. The van der Waals surface area contributed by atoms with Crippen LogP contribution in [0.25, 0.3) is 0 Å². The number of aliphatic hydroxyl groups is 1. The summed E-state index contributed by atoms with van der Waals surface area (Å²) in [7, 11) is 0. The van der Waals surface area contributed by atoms with Crippen molar-refractivity contribution < 1.29 is 14.4 Å². The lowest BCUT2D eigenvalue weighted by Crippen LogP contribution is -1.97. The van der Waals surface area contributed by atoms with Crippen molar-refractivity contribution in [2.24, 2.45) is 0 Å². The maximum Gasteiger partial charge on any atom is 0.174 e. The van der Waals surface area contributed by atoms with E-state index in [-0.39, 0.29) is 6.61 Å². The zero-order valence-electron chi connectivity index (χ0n) is 9.31. The molecule has 0 saturated heterocycles. The molecule has 0 unspecified atom stereocenters. The molecular weight excluding hydrogens is 286 g/mol. The van der Waals surface area contributed by atoms with E-state index in [1.54, 1.807) is 6.07 Å². The Morgan fingerprint density at radius 3 is 2.88 bits per heavy atom. The number of aryl methyl sites for hydroxylation is 1. The molecule has 4 nitrogen and oxygen atoms in total. The largest absolute Gasteiger partial charge is 0.485 e. The number of hydrogen-bond acceptors (Lipinski definition) is 4. The van der Waals surface area contributed by atoms with Crippen LogP contribution in [0.15, 0.2) is 33.3 Å². The summed E-state index contributed by atoms with van der Waals surface area (Å²) in [5.74, 6) is 1.30. The smallest absolute Gasteiger partial charge is 0.174 e. The van der Waals surface area contributed by atoms with Gasteiger partial charge in [-0.15, -0.1) is 0 Å². The molecule has 2 rings (SSSR count). The van der Waals surface area contributed by atoms with Crippen LogP contribution in [0.1, 0.15) is 17.0 Å². The second-order valence-corrected chi connectivity index (χ2v) is 4.55. The molecule has 0 bridgehead atoms. The summed E-state index contributed by atoms with van der Waals surface area (Å²) in [5.41, 5.74) is 1.55. The number of ether oxygens (including phenoxy) is 1.